The van der Waals surface area contributed by atoms with Crippen molar-refractivity contribution in [1.82, 2.24) is 0 Å². The van der Waals surface area contributed by atoms with Crippen molar-refractivity contribution in [2.24, 2.45) is 0 Å². The number of hydrogen-bond acceptors (Lipinski definition) is 4. The smallest absolute Gasteiger partial charge is 0.308 e. The van der Waals surface area contributed by atoms with E-state index in [4.69, 9.17) is 9.47 Å². The molecule has 4 nitrogen and oxygen atoms in total. The van der Waals surface area contributed by atoms with Gasteiger partial charge in [0.05, 0.1) is 7.11 Å². The number of hydrogen-bond donors (Lipinski definition) is 1. The third-order valence-electron chi connectivity index (χ3n) is 4.63. The highest BCUT2D eigenvalue weighted by atomic mass is 16.6. The summed E-state index contributed by atoms with van der Waals surface area (Å²) < 4.78 is 10.5. The number of unbranched alkanes of at least 4 members (excludes halogenated alkanes) is 10. The van der Waals surface area contributed by atoms with Gasteiger partial charge in [-0.25, -0.2) is 0 Å². The average Bonchev–Trinajstić information content (AvgIpc) is 2.61. The first-order valence-electron chi connectivity index (χ1n) is 10.2. The monoisotopic (exact) mass is 364 g/mol. The summed E-state index contributed by atoms with van der Waals surface area (Å²) in [4.78, 5) is 11.3. The fourth-order valence-corrected chi connectivity index (χ4v) is 3.22. The van der Waals surface area contributed by atoms with Crippen molar-refractivity contribution in [3.05, 3.63) is 17.7 Å². The Balaban J connectivity index is 2.30. The van der Waals surface area contributed by atoms with E-state index in [1.807, 2.05) is 0 Å². The Labute approximate surface area is 158 Å². The van der Waals surface area contributed by atoms with Crippen LogP contribution >= 0.6 is 0 Å². The predicted molar refractivity (Wildman–Crippen MR) is 106 cm³/mol. The van der Waals surface area contributed by atoms with Crippen molar-refractivity contribution in [2.45, 2.75) is 90.9 Å². The van der Waals surface area contributed by atoms with Gasteiger partial charge in [0.15, 0.2) is 11.5 Å². The number of aryl methyl sites for hydroxylation is 1. The van der Waals surface area contributed by atoms with E-state index >= 15 is 0 Å². The van der Waals surface area contributed by atoms with E-state index < -0.39 is 0 Å². The molecule has 0 unspecified atom stereocenters. The van der Waals surface area contributed by atoms with Crippen LogP contribution in [0.5, 0.6) is 17.2 Å². The number of carbonyl (C=O) groups excluding carboxylic acids is 1. The molecule has 1 aromatic carbocycles. The van der Waals surface area contributed by atoms with Gasteiger partial charge < -0.3 is 14.6 Å². The lowest BCUT2D eigenvalue weighted by Crippen LogP contribution is -2.06. The minimum Gasteiger partial charge on any atom is -0.508 e. The summed E-state index contributed by atoms with van der Waals surface area (Å²) in [6.45, 7) is 3.63. The molecular formula is C22H36O4. The van der Waals surface area contributed by atoms with Gasteiger partial charge in [-0.05, 0) is 18.9 Å². The fourth-order valence-electron chi connectivity index (χ4n) is 3.22. The van der Waals surface area contributed by atoms with Gasteiger partial charge >= 0.3 is 5.97 Å². The molecule has 0 spiro atoms. The van der Waals surface area contributed by atoms with Gasteiger partial charge in [-0.1, -0.05) is 71.1 Å². The second kappa shape index (κ2) is 13.5. The lowest BCUT2D eigenvalue weighted by Gasteiger charge is -2.14. The summed E-state index contributed by atoms with van der Waals surface area (Å²) in [6.07, 6.45) is 14.9. The Morgan fingerprint density at radius 2 is 1.46 bits per heavy atom. The van der Waals surface area contributed by atoms with Crippen LogP contribution in [0.2, 0.25) is 0 Å². The molecule has 0 fully saturated rings. The van der Waals surface area contributed by atoms with Crippen LogP contribution in [0, 0.1) is 0 Å². The molecule has 0 saturated heterocycles. The Bertz CT molecular complexity index is 525. The molecule has 0 aliphatic rings. The lowest BCUT2D eigenvalue weighted by atomic mass is 10.0. The largest absolute Gasteiger partial charge is 0.508 e. The number of phenols is 1. The van der Waals surface area contributed by atoms with E-state index in [2.05, 4.69) is 6.92 Å². The minimum atomic E-state index is -0.380. The van der Waals surface area contributed by atoms with E-state index in [1.165, 1.54) is 77.9 Å². The van der Waals surface area contributed by atoms with Crippen molar-refractivity contribution >= 4 is 5.97 Å². The summed E-state index contributed by atoms with van der Waals surface area (Å²) in [6, 6.07) is 3.14. The van der Waals surface area contributed by atoms with E-state index in [0.29, 0.717) is 11.5 Å². The van der Waals surface area contributed by atoms with E-state index in [1.54, 1.807) is 6.07 Å². The molecular weight excluding hydrogens is 328 g/mol. The maximum atomic E-state index is 11.3. The first-order valence-corrected chi connectivity index (χ1v) is 10.2. The third kappa shape index (κ3) is 9.12. The number of carbonyl (C=O) groups is 1. The Hall–Kier alpha value is -1.71. The molecule has 1 N–H and O–H groups in total. The maximum absolute atomic E-state index is 11.3. The molecule has 0 atom stereocenters. The zero-order chi connectivity index (χ0) is 19.2. The quantitative estimate of drug-likeness (QED) is 0.243. The van der Waals surface area contributed by atoms with E-state index in [9.17, 15) is 9.90 Å². The molecule has 0 aliphatic heterocycles. The SMILES string of the molecule is CCCCCCCCCCCCCc1cc(O)cc(OC)c1OC(C)=O. The van der Waals surface area contributed by atoms with Crippen LogP contribution in [0.25, 0.3) is 0 Å². The van der Waals surface area contributed by atoms with Gasteiger partial charge in [-0.2, -0.15) is 0 Å². The van der Waals surface area contributed by atoms with Crippen molar-refractivity contribution in [3.8, 4) is 17.2 Å². The molecule has 26 heavy (non-hydrogen) atoms. The van der Waals surface area contributed by atoms with Crippen molar-refractivity contribution in [3.63, 3.8) is 0 Å². The summed E-state index contributed by atoms with van der Waals surface area (Å²) >= 11 is 0. The van der Waals surface area contributed by atoms with Gasteiger partial charge in [0.25, 0.3) is 0 Å². The first-order chi connectivity index (χ1) is 12.6. The lowest BCUT2D eigenvalue weighted by molar-refractivity contribution is -0.132. The summed E-state index contributed by atoms with van der Waals surface area (Å²) in [5.41, 5.74) is 0.827. The van der Waals surface area contributed by atoms with Gasteiger partial charge in [0, 0.05) is 18.6 Å². The molecule has 0 bridgehead atoms. The number of rotatable bonds is 14. The Morgan fingerprint density at radius 1 is 0.923 bits per heavy atom. The highest BCUT2D eigenvalue weighted by Gasteiger charge is 2.15. The van der Waals surface area contributed by atoms with Crippen LogP contribution in [-0.2, 0) is 11.2 Å². The molecule has 0 saturated carbocycles. The number of esters is 1. The standard InChI is InChI=1S/C22H36O4/c1-4-5-6-7-8-9-10-11-12-13-14-15-19-16-20(24)17-21(25-3)22(19)26-18(2)23/h16-17,24H,4-15H2,1-3H3. The number of benzene rings is 1. The van der Waals surface area contributed by atoms with Crippen LogP contribution in [0.15, 0.2) is 12.1 Å². The molecule has 0 amide bonds. The molecule has 0 aliphatic carbocycles. The summed E-state index contributed by atoms with van der Waals surface area (Å²) in [5.74, 6) is 0.591. The van der Waals surface area contributed by atoms with Gasteiger partial charge in [-0.15, -0.1) is 0 Å². The van der Waals surface area contributed by atoms with Crippen LogP contribution < -0.4 is 9.47 Å². The highest BCUT2D eigenvalue weighted by molar-refractivity contribution is 5.71. The van der Waals surface area contributed by atoms with Crippen LogP contribution in [0.3, 0.4) is 0 Å². The number of ether oxygens (including phenoxy) is 2. The zero-order valence-corrected chi connectivity index (χ0v) is 16.8. The second-order valence-electron chi connectivity index (χ2n) is 7.02. The predicted octanol–water partition coefficient (Wildman–Crippen LogP) is 6.18. The molecule has 148 valence electrons. The van der Waals surface area contributed by atoms with Gasteiger partial charge in [0.1, 0.15) is 5.75 Å². The molecule has 4 heteroatoms. The van der Waals surface area contributed by atoms with E-state index in [0.717, 1.165) is 24.8 Å². The van der Waals surface area contributed by atoms with Gasteiger partial charge in [0.2, 0.25) is 0 Å². The number of phenolic OH excluding ortho intramolecular Hbond substituents is 1. The number of aromatic hydroxyl groups is 1. The Morgan fingerprint density at radius 3 is 1.96 bits per heavy atom. The fraction of sp³-hybridized carbons (Fsp3) is 0.682. The summed E-state index contributed by atoms with van der Waals surface area (Å²) in [7, 11) is 1.51. The first kappa shape index (κ1) is 22.3. The number of methoxy groups -OCH3 is 1. The third-order valence-corrected chi connectivity index (χ3v) is 4.63. The van der Waals surface area contributed by atoms with Crippen molar-refractivity contribution < 1.29 is 19.4 Å². The molecule has 0 heterocycles. The van der Waals surface area contributed by atoms with Crippen molar-refractivity contribution in [1.29, 1.82) is 0 Å². The summed E-state index contributed by atoms with van der Waals surface area (Å²) in [5, 5.41) is 9.84. The average molecular weight is 365 g/mol. The van der Waals surface area contributed by atoms with Crippen LogP contribution in [0.1, 0.15) is 90.0 Å². The van der Waals surface area contributed by atoms with Crippen LogP contribution in [-0.4, -0.2) is 18.2 Å². The maximum Gasteiger partial charge on any atom is 0.308 e. The normalized spacial score (nSPS) is 10.7. The zero-order valence-electron chi connectivity index (χ0n) is 16.8. The molecule has 0 aromatic heterocycles. The second-order valence-corrected chi connectivity index (χ2v) is 7.02. The topological polar surface area (TPSA) is 55.8 Å². The minimum absolute atomic E-state index is 0.135. The van der Waals surface area contributed by atoms with Crippen molar-refractivity contribution in [2.75, 3.05) is 7.11 Å². The molecule has 1 rings (SSSR count). The molecule has 0 radical (unpaired) electrons. The highest BCUT2D eigenvalue weighted by Crippen LogP contribution is 2.36. The molecule has 1 aromatic rings. The van der Waals surface area contributed by atoms with Gasteiger partial charge in [-0.3, -0.25) is 4.79 Å². The van der Waals surface area contributed by atoms with Crippen LogP contribution in [0.4, 0.5) is 0 Å². The van der Waals surface area contributed by atoms with E-state index in [-0.39, 0.29) is 11.7 Å². The Kier molecular flexibility index (Phi) is 11.6.